The van der Waals surface area contributed by atoms with Crippen LogP contribution in [0.3, 0.4) is 0 Å². The van der Waals surface area contributed by atoms with Crippen molar-refractivity contribution >= 4 is 5.97 Å². The molecular weight excluding hydrogens is 212 g/mol. The Bertz CT molecular complexity index is 422. The lowest BCUT2D eigenvalue weighted by molar-refractivity contribution is -0.299. The predicted molar refractivity (Wildman–Crippen MR) is 66.1 cm³/mol. The number of hydrogen-bond donors (Lipinski definition) is 0. The van der Waals surface area contributed by atoms with Crippen molar-refractivity contribution in [3.63, 3.8) is 0 Å². The van der Waals surface area contributed by atoms with Gasteiger partial charge in [0.1, 0.15) is 0 Å². The lowest BCUT2D eigenvalue weighted by atomic mass is 9.74. The van der Waals surface area contributed by atoms with E-state index in [0.29, 0.717) is 17.4 Å². The van der Waals surface area contributed by atoms with E-state index in [1.165, 1.54) is 17.6 Å². The van der Waals surface area contributed by atoms with Crippen molar-refractivity contribution < 1.29 is 9.90 Å². The summed E-state index contributed by atoms with van der Waals surface area (Å²) in [7, 11) is 0. The topological polar surface area (TPSA) is 40.1 Å². The molecule has 0 fully saturated rings. The number of aliphatic carboxylic acids is 1. The Labute approximate surface area is 103 Å². The van der Waals surface area contributed by atoms with E-state index < -0.39 is 5.97 Å². The van der Waals surface area contributed by atoms with E-state index in [1.54, 1.807) is 6.08 Å². The zero-order valence-electron chi connectivity index (χ0n) is 10.6. The SMILES string of the molecule is CC1(C)CCC=C(C2=CC=C(C(=O)[O-])CC2)C1. The second kappa shape index (κ2) is 4.52. The van der Waals surface area contributed by atoms with Crippen LogP contribution < -0.4 is 5.11 Å². The highest BCUT2D eigenvalue weighted by atomic mass is 16.4. The van der Waals surface area contributed by atoms with Crippen LogP contribution in [0.4, 0.5) is 0 Å². The number of carbonyl (C=O) groups is 1. The third-order valence-corrected chi connectivity index (χ3v) is 3.70. The fraction of sp³-hybridized carbons (Fsp3) is 0.533. The van der Waals surface area contributed by atoms with Crippen molar-refractivity contribution in [2.24, 2.45) is 5.41 Å². The van der Waals surface area contributed by atoms with Gasteiger partial charge < -0.3 is 9.90 Å². The first kappa shape index (κ1) is 12.2. The third kappa shape index (κ3) is 2.87. The van der Waals surface area contributed by atoms with Crippen LogP contribution in [0.5, 0.6) is 0 Å². The number of carbonyl (C=O) groups excluding carboxylic acids is 1. The van der Waals surface area contributed by atoms with Gasteiger partial charge in [0.05, 0.1) is 5.97 Å². The molecule has 0 saturated heterocycles. The van der Waals surface area contributed by atoms with E-state index in [0.717, 1.165) is 19.3 Å². The van der Waals surface area contributed by atoms with Crippen molar-refractivity contribution in [2.45, 2.75) is 46.0 Å². The lowest BCUT2D eigenvalue weighted by Crippen LogP contribution is -2.25. The van der Waals surface area contributed by atoms with Crippen molar-refractivity contribution in [2.75, 3.05) is 0 Å². The van der Waals surface area contributed by atoms with Gasteiger partial charge in [0.15, 0.2) is 0 Å². The lowest BCUT2D eigenvalue weighted by Gasteiger charge is -2.31. The van der Waals surface area contributed by atoms with Gasteiger partial charge in [-0.05, 0) is 54.2 Å². The molecule has 2 aliphatic rings. The first-order chi connectivity index (χ1) is 7.98. The van der Waals surface area contributed by atoms with Gasteiger partial charge in [0.2, 0.25) is 0 Å². The van der Waals surface area contributed by atoms with Gasteiger partial charge in [-0.3, -0.25) is 0 Å². The van der Waals surface area contributed by atoms with Crippen molar-refractivity contribution in [3.8, 4) is 0 Å². The Morgan fingerprint density at radius 1 is 1.24 bits per heavy atom. The molecule has 17 heavy (non-hydrogen) atoms. The van der Waals surface area contributed by atoms with Gasteiger partial charge in [-0.1, -0.05) is 32.1 Å². The molecule has 0 aromatic rings. The first-order valence-electron chi connectivity index (χ1n) is 6.28. The molecule has 2 aliphatic carbocycles. The Hall–Kier alpha value is -1.31. The molecule has 2 heteroatoms. The van der Waals surface area contributed by atoms with Gasteiger partial charge >= 0.3 is 0 Å². The normalized spacial score (nSPS) is 23.5. The van der Waals surface area contributed by atoms with Crippen LogP contribution in [0.15, 0.2) is 34.9 Å². The van der Waals surface area contributed by atoms with Gasteiger partial charge in [-0.15, -0.1) is 0 Å². The predicted octanol–water partition coefficient (Wildman–Crippen LogP) is 2.52. The summed E-state index contributed by atoms with van der Waals surface area (Å²) in [5.74, 6) is -1.03. The van der Waals surface area contributed by atoms with Crippen molar-refractivity contribution in [1.82, 2.24) is 0 Å². The van der Waals surface area contributed by atoms with E-state index in [-0.39, 0.29) is 0 Å². The average molecular weight is 231 g/mol. The molecule has 0 bridgehead atoms. The second-order valence-electron chi connectivity index (χ2n) is 5.78. The zero-order valence-corrected chi connectivity index (χ0v) is 10.6. The maximum Gasteiger partial charge on any atom is 0.0674 e. The first-order valence-corrected chi connectivity index (χ1v) is 6.28. The summed E-state index contributed by atoms with van der Waals surface area (Å²) in [6.07, 6.45) is 10.9. The molecule has 2 nitrogen and oxygen atoms in total. The number of hydrogen-bond acceptors (Lipinski definition) is 2. The van der Waals surface area contributed by atoms with E-state index >= 15 is 0 Å². The summed E-state index contributed by atoms with van der Waals surface area (Å²) in [6, 6.07) is 0. The van der Waals surface area contributed by atoms with Crippen LogP contribution in [-0.4, -0.2) is 5.97 Å². The van der Waals surface area contributed by atoms with Crippen LogP contribution in [0, 0.1) is 5.41 Å². The summed E-state index contributed by atoms with van der Waals surface area (Å²) >= 11 is 0. The molecular formula is C15H19O2-. The van der Waals surface area contributed by atoms with Crippen LogP contribution >= 0.6 is 0 Å². The molecule has 2 rings (SSSR count). The van der Waals surface area contributed by atoms with E-state index in [9.17, 15) is 9.90 Å². The molecule has 0 spiro atoms. The van der Waals surface area contributed by atoms with Crippen molar-refractivity contribution in [3.05, 3.63) is 34.9 Å². The average Bonchev–Trinajstić information content (AvgIpc) is 2.28. The van der Waals surface area contributed by atoms with E-state index in [2.05, 4.69) is 19.9 Å². The van der Waals surface area contributed by atoms with Crippen LogP contribution in [0.2, 0.25) is 0 Å². The minimum Gasteiger partial charge on any atom is -0.545 e. The molecule has 0 unspecified atom stereocenters. The summed E-state index contributed by atoms with van der Waals surface area (Å²) < 4.78 is 0. The van der Waals surface area contributed by atoms with E-state index in [1.807, 2.05) is 6.08 Å². The highest BCUT2D eigenvalue weighted by Crippen LogP contribution is 2.39. The van der Waals surface area contributed by atoms with Crippen molar-refractivity contribution in [1.29, 1.82) is 0 Å². The minimum atomic E-state index is -1.03. The third-order valence-electron chi connectivity index (χ3n) is 3.70. The summed E-state index contributed by atoms with van der Waals surface area (Å²) in [5, 5.41) is 10.7. The fourth-order valence-electron chi connectivity index (χ4n) is 2.63. The molecule has 0 radical (unpaired) electrons. The molecule has 0 aliphatic heterocycles. The van der Waals surface area contributed by atoms with Gasteiger partial charge in [-0.2, -0.15) is 0 Å². The molecule has 0 heterocycles. The molecule has 92 valence electrons. The second-order valence-corrected chi connectivity index (χ2v) is 5.78. The minimum absolute atomic E-state index is 0.378. The summed E-state index contributed by atoms with van der Waals surface area (Å²) in [4.78, 5) is 10.7. The van der Waals surface area contributed by atoms with Gasteiger partial charge in [0.25, 0.3) is 0 Å². The maximum absolute atomic E-state index is 10.7. The maximum atomic E-state index is 10.7. The Morgan fingerprint density at radius 3 is 2.53 bits per heavy atom. The van der Waals surface area contributed by atoms with Gasteiger partial charge in [0, 0.05) is 0 Å². The summed E-state index contributed by atoms with van der Waals surface area (Å²) in [6.45, 7) is 4.59. The van der Waals surface area contributed by atoms with Gasteiger partial charge in [-0.25, -0.2) is 0 Å². The number of carboxylic acid groups (broad SMARTS) is 1. The smallest absolute Gasteiger partial charge is 0.0674 e. The highest BCUT2D eigenvalue weighted by molar-refractivity contribution is 5.85. The molecule has 0 atom stereocenters. The van der Waals surface area contributed by atoms with Crippen LogP contribution in [-0.2, 0) is 4.79 Å². The quantitative estimate of drug-likeness (QED) is 0.732. The standard InChI is InChI=1S/C15H20O2/c1-15(2)9-3-4-13(10-15)11-5-7-12(8-6-11)14(16)17/h4-5,7H,3,6,8-10H2,1-2H3,(H,16,17)/p-1. The van der Waals surface area contributed by atoms with E-state index in [4.69, 9.17) is 0 Å². The Morgan fingerprint density at radius 2 is 2.00 bits per heavy atom. The molecule has 0 amide bonds. The molecule has 0 N–H and O–H groups in total. The van der Waals surface area contributed by atoms with Crippen LogP contribution in [0.1, 0.15) is 46.0 Å². The number of carboxylic acids is 1. The fourth-order valence-corrected chi connectivity index (χ4v) is 2.63. The number of allylic oxidation sites excluding steroid dienone is 5. The monoisotopic (exact) mass is 231 g/mol. The Balaban J connectivity index is 2.15. The molecule has 0 saturated carbocycles. The molecule has 0 aromatic carbocycles. The highest BCUT2D eigenvalue weighted by Gasteiger charge is 2.24. The largest absolute Gasteiger partial charge is 0.545 e. The van der Waals surface area contributed by atoms with Crippen LogP contribution in [0.25, 0.3) is 0 Å². The number of rotatable bonds is 2. The Kier molecular flexibility index (Phi) is 3.23. The zero-order chi connectivity index (χ0) is 12.5. The summed E-state index contributed by atoms with van der Waals surface area (Å²) in [5.41, 5.74) is 3.52. The molecule has 0 aromatic heterocycles.